The first-order valence-electron chi connectivity index (χ1n) is 7.90. The Balaban J connectivity index is 2.21. The SMILES string of the molecule is CC(=O)COc1ccc2cc(C(C)CC(C)(C)C)ccc2c1. The molecule has 0 saturated carbocycles. The predicted molar refractivity (Wildman–Crippen MR) is 92.6 cm³/mol. The third-order valence-corrected chi connectivity index (χ3v) is 3.77. The molecule has 0 saturated heterocycles. The summed E-state index contributed by atoms with van der Waals surface area (Å²) in [6.45, 7) is 10.8. The summed E-state index contributed by atoms with van der Waals surface area (Å²) in [4.78, 5) is 11.0. The van der Waals surface area contributed by atoms with E-state index in [2.05, 4.69) is 52.0 Å². The highest BCUT2D eigenvalue weighted by Crippen LogP contribution is 2.32. The number of Topliss-reactive ketones (excluding diaryl/α,β-unsaturated/α-hetero) is 1. The Morgan fingerprint density at radius 1 is 1.09 bits per heavy atom. The maximum Gasteiger partial charge on any atom is 0.167 e. The molecule has 0 bridgehead atoms. The fourth-order valence-corrected chi connectivity index (χ4v) is 2.86. The largest absolute Gasteiger partial charge is 0.486 e. The van der Waals surface area contributed by atoms with Gasteiger partial charge >= 0.3 is 0 Å². The molecule has 0 radical (unpaired) electrons. The van der Waals surface area contributed by atoms with Crippen molar-refractivity contribution in [3.05, 3.63) is 42.0 Å². The molecule has 0 aliphatic rings. The van der Waals surface area contributed by atoms with Crippen LogP contribution < -0.4 is 4.74 Å². The number of rotatable bonds is 5. The molecule has 1 unspecified atom stereocenters. The molecule has 0 aliphatic carbocycles. The molecule has 2 rings (SSSR count). The van der Waals surface area contributed by atoms with Gasteiger partial charge in [-0.05, 0) is 53.1 Å². The summed E-state index contributed by atoms with van der Waals surface area (Å²) in [7, 11) is 0. The number of ketones is 1. The van der Waals surface area contributed by atoms with Crippen molar-refractivity contribution >= 4 is 16.6 Å². The van der Waals surface area contributed by atoms with E-state index in [0.29, 0.717) is 11.3 Å². The van der Waals surface area contributed by atoms with Gasteiger partial charge in [-0.2, -0.15) is 0 Å². The van der Waals surface area contributed by atoms with Crippen molar-refractivity contribution in [3.8, 4) is 5.75 Å². The van der Waals surface area contributed by atoms with Crippen LogP contribution in [0.4, 0.5) is 0 Å². The molecular weight excluding hydrogens is 272 g/mol. The summed E-state index contributed by atoms with van der Waals surface area (Å²) in [5.74, 6) is 1.32. The van der Waals surface area contributed by atoms with Gasteiger partial charge in [-0.3, -0.25) is 4.79 Å². The second kappa shape index (κ2) is 6.51. The normalized spacial score (nSPS) is 13.1. The second-order valence-electron chi connectivity index (χ2n) is 7.42. The number of hydrogen-bond acceptors (Lipinski definition) is 2. The zero-order valence-corrected chi connectivity index (χ0v) is 14.3. The number of benzene rings is 2. The lowest BCUT2D eigenvalue weighted by Gasteiger charge is -2.23. The van der Waals surface area contributed by atoms with Gasteiger partial charge in [0.25, 0.3) is 0 Å². The second-order valence-corrected chi connectivity index (χ2v) is 7.42. The van der Waals surface area contributed by atoms with Gasteiger partial charge in [-0.1, -0.05) is 52.0 Å². The van der Waals surface area contributed by atoms with Gasteiger partial charge in [0.15, 0.2) is 5.78 Å². The molecule has 2 heteroatoms. The highest BCUT2D eigenvalue weighted by atomic mass is 16.5. The smallest absolute Gasteiger partial charge is 0.167 e. The Labute approximate surface area is 133 Å². The summed E-state index contributed by atoms with van der Waals surface area (Å²) >= 11 is 0. The number of carbonyl (C=O) groups is 1. The summed E-state index contributed by atoms with van der Waals surface area (Å²) in [6, 6.07) is 12.6. The minimum Gasteiger partial charge on any atom is -0.486 e. The number of carbonyl (C=O) groups excluding carboxylic acids is 1. The van der Waals surface area contributed by atoms with Crippen LogP contribution in [0.25, 0.3) is 10.8 Å². The van der Waals surface area contributed by atoms with Gasteiger partial charge in [-0.15, -0.1) is 0 Å². The molecule has 1 atom stereocenters. The fourth-order valence-electron chi connectivity index (χ4n) is 2.86. The lowest BCUT2D eigenvalue weighted by molar-refractivity contribution is -0.118. The maximum atomic E-state index is 11.0. The minimum absolute atomic E-state index is 0.0337. The summed E-state index contributed by atoms with van der Waals surface area (Å²) < 4.78 is 5.47. The molecule has 2 nitrogen and oxygen atoms in total. The van der Waals surface area contributed by atoms with Crippen LogP contribution in [0, 0.1) is 5.41 Å². The molecule has 2 aromatic carbocycles. The van der Waals surface area contributed by atoms with Gasteiger partial charge in [-0.25, -0.2) is 0 Å². The Morgan fingerprint density at radius 3 is 2.36 bits per heavy atom. The lowest BCUT2D eigenvalue weighted by atomic mass is 9.82. The van der Waals surface area contributed by atoms with E-state index >= 15 is 0 Å². The maximum absolute atomic E-state index is 11.0. The van der Waals surface area contributed by atoms with Gasteiger partial charge in [0.05, 0.1) is 0 Å². The molecule has 0 N–H and O–H groups in total. The Hall–Kier alpha value is -1.83. The predicted octanol–water partition coefficient (Wildman–Crippen LogP) is 5.35. The zero-order chi connectivity index (χ0) is 16.3. The molecule has 22 heavy (non-hydrogen) atoms. The van der Waals surface area contributed by atoms with Crippen molar-refractivity contribution in [3.63, 3.8) is 0 Å². The quantitative estimate of drug-likeness (QED) is 0.744. The number of fused-ring (bicyclic) bond motifs is 1. The fraction of sp³-hybridized carbons (Fsp3) is 0.450. The van der Waals surface area contributed by atoms with E-state index < -0.39 is 0 Å². The standard InChI is InChI=1S/C20H26O2/c1-14(12-20(3,4)5)16-6-7-18-11-19(22-13-15(2)21)9-8-17(18)10-16/h6-11,14H,12-13H2,1-5H3. The Bertz CT molecular complexity index is 665. The van der Waals surface area contributed by atoms with E-state index in [-0.39, 0.29) is 12.4 Å². The third-order valence-electron chi connectivity index (χ3n) is 3.77. The molecule has 0 spiro atoms. The van der Waals surface area contributed by atoms with Crippen LogP contribution >= 0.6 is 0 Å². The first-order chi connectivity index (χ1) is 10.2. The van der Waals surface area contributed by atoms with E-state index in [1.54, 1.807) is 0 Å². The van der Waals surface area contributed by atoms with E-state index in [4.69, 9.17) is 4.74 Å². The molecule has 118 valence electrons. The third kappa shape index (κ3) is 4.59. The average molecular weight is 298 g/mol. The van der Waals surface area contributed by atoms with E-state index in [1.165, 1.54) is 17.9 Å². The summed E-state index contributed by atoms with van der Waals surface area (Å²) in [5.41, 5.74) is 1.71. The van der Waals surface area contributed by atoms with Crippen molar-refractivity contribution in [2.45, 2.75) is 47.0 Å². The van der Waals surface area contributed by atoms with Gasteiger partial charge in [0.2, 0.25) is 0 Å². The first-order valence-corrected chi connectivity index (χ1v) is 7.90. The van der Waals surface area contributed by atoms with Crippen LogP contribution in [-0.2, 0) is 4.79 Å². The molecule has 0 fully saturated rings. The highest BCUT2D eigenvalue weighted by molar-refractivity contribution is 5.85. The molecular formula is C20H26O2. The van der Waals surface area contributed by atoms with Gasteiger partial charge < -0.3 is 4.74 Å². The molecule has 0 heterocycles. The van der Waals surface area contributed by atoms with E-state index in [9.17, 15) is 4.79 Å². The van der Waals surface area contributed by atoms with Crippen LogP contribution in [-0.4, -0.2) is 12.4 Å². The molecule has 0 amide bonds. The van der Waals surface area contributed by atoms with Crippen molar-refractivity contribution in [1.82, 2.24) is 0 Å². The average Bonchev–Trinajstić information content (AvgIpc) is 2.42. The Morgan fingerprint density at radius 2 is 1.73 bits per heavy atom. The monoisotopic (exact) mass is 298 g/mol. The molecule has 0 aromatic heterocycles. The molecule has 2 aromatic rings. The van der Waals surface area contributed by atoms with E-state index in [0.717, 1.165) is 17.6 Å². The summed E-state index contributed by atoms with van der Waals surface area (Å²) in [5, 5.41) is 2.36. The van der Waals surface area contributed by atoms with Crippen LogP contribution in [0.15, 0.2) is 36.4 Å². The van der Waals surface area contributed by atoms with Crippen LogP contribution in [0.2, 0.25) is 0 Å². The number of ether oxygens (including phenoxy) is 1. The zero-order valence-electron chi connectivity index (χ0n) is 14.3. The lowest BCUT2D eigenvalue weighted by Crippen LogP contribution is -2.09. The first kappa shape index (κ1) is 16.5. The van der Waals surface area contributed by atoms with Crippen molar-refractivity contribution in [1.29, 1.82) is 0 Å². The minimum atomic E-state index is 0.0337. The van der Waals surface area contributed by atoms with Crippen molar-refractivity contribution in [2.75, 3.05) is 6.61 Å². The van der Waals surface area contributed by atoms with Crippen molar-refractivity contribution < 1.29 is 9.53 Å². The highest BCUT2D eigenvalue weighted by Gasteiger charge is 2.16. The van der Waals surface area contributed by atoms with Crippen LogP contribution in [0.1, 0.15) is 52.5 Å². The van der Waals surface area contributed by atoms with Gasteiger partial charge in [0, 0.05) is 0 Å². The summed E-state index contributed by atoms with van der Waals surface area (Å²) in [6.07, 6.45) is 1.16. The van der Waals surface area contributed by atoms with Crippen molar-refractivity contribution in [2.24, 2.45) is 5.41 Å². The van der Waals surface area contributed by atoms with E-state index in [1.807, 2.05) is 12.1 Å². The van der Waals surface area contributed by atoms with Crippen LogP contribution in [0.5, 0.6) is 5.75 Å². The molecule has 0 aliphatic heterocycles. The number of hydrogen-bond donors (Lipinski definition) is 0. The van der Waals surface area contributed by atoms with Gasteiger partial charge in [0.1, 0.15) is 12.4 Å². The Kier molecular flexibility index (Phi) is 4.90. The topological polar surface area (TPSA) is 26.3 Å². The van der Waals surface area contributed by atoms with Crippen LogP contribution in [0.3, 0.4) is 0 Å².